The van der Waals surface area contributed by atoms with Crippen LogP contribution in [-0.4, -0.2) is 17.3 Å². The van der Waals surface area contributed by atoms with Crippen LogP contribution in [-0.2, 0) is 0 Å². The highest BCUT2D eigenvalue weighted by molar-refractivity contribution is 6.30. The molecule has 2 saturated carbocycles. The van der Waals surface area contributed by atoms with Gasteiger partial charge in [0.2, 0.25) is 0 Å². The maximum Gasteiger partial charge on any atom is 0.0771 e. The molecule has 0 heterocycles. The van der Waals surface area contributed by atoms with Gasteiger partial charge in [0.25, 0.3) is 0 Å². The summed E-state index contributed by atoms with van der Waals surface area (Å²) in [5, 5.41) is 15.3. The highest BCUT2D eigenvalue weighted by Crippen LogP contribution is 2.41. The van der Waals surface area contributed by atoms with E-state index in [-0.39, 0.29) is 0 Å². The predicted molar refractivity (Wildman–Crippen MR) is 87.6 cm³/mol. The summed E-state index contributed by atoms with van der Waals surface area (Å²) in [5.74, 6) is 0.723. The fraction of sp³-hybridized carbons (Fsp3) is 0.667. The number of hydrogen-bond acceptors (Lipinski definition) is 2. The van der Waals surface area contributed by atoms with Crippen LogP contribution in [0, 0.1) is 5.92 Å². The van der Waals surface area contributed by atoms with Gasteiger partial charge in [-0.1, -0.05) is 49.4 Å². The van der Waals surface area contributed by atoms with Crippen LogP contribution >= 0.6 is 11.6 Å². The van der Waals surface area contributed by atoms with E-state index in [0.717, 1.165) is 43.2 Å². The summed E-state index contributed by atoms with van der Waals surface area (Å²) in [4.78, 5) is 0. The normalized spacial score (nSPS) is 23.5. The third-order valence-corrected chi connectivity index (χ3v) is 5.26. The third-order valence-electron chi connectivity index (χ3n) is 5.01. The first-order chi connectivity index (χ1) is 10.2. The molecule has 0 bridgehead atoms. The Morgan fingerprint density at radius 3 is 2.29 bits per heavy atom. The average molecular weight is 308 g/mol. The van der Waals surface area contributed by atoms with Crippen molar-refractivity contribution in [3.8, 4) is 0 Å². The van der Waals surface area contributed by atoms with Gasteiger partial charge >= 0.3 is 0 Å². The number of rotatable bonds is 5. The highest BCUT2D eigenvalue weighted by Gasteiger charge is 2.35. The summed E-state index contributed by atoms with van der Waals surface area (Å²) >= 11 is 5.99. The summed E-state index contributed by atoms with van der Waals surface area (Å²) in [5.41, 5.74) is 0.801. The maximum absolute atomic E-state index is 10.8. The lowest BCUT2D eigenvalue weighted by atomic mass is 9.93. The zero-order valence-electron chi connectivity index (χ0n) is 12.7. The minimum atomic E-state index is -0.504. The fourth-order valence-electron chi connectivity index (χ4n) is 3.52. The summed E-state index contributed by atoms with van der Waals surface area (Å²) < 4.78 is 0. The Hall–Kier alpha value is -0.570. The van der Waals surface area contributed by atoms with Crippen LogP contribution < -0.4 is 5.32 Å². The van der Waals surface area contributed by atoms with Gasteiger partial charge in [-0.3, -0.25) is 0 Å². The van der Waals surface area contributed by atoms with Crippen molar-refractivity contribution < 1.29 is 5.11 Å². The molecule has 1 atom stereocenters. The monoisotopic (exact) mass is 307 g/mol. The molecule has 116 valence electrons. The molecule has 1 aromatic carbocycles. The first-order valence-corrected chi connectivity index (χ1v) is 8.75. The second kappa shape index (κ2) is 6.68. The van der Waals surface area contributed by atoms with Gasteiger partial charge in [-0.25, -0.2) is 0 Å². The molecule has 1 unspecified atom stereocenters. The van der Waals surface area contributed by atoms with Crippen molar-refractivity contribution in [1.82, 2.24) is 5.32 Å². The largest absolute Gasteiger partial charge is 0.389 e. The van der Waals surface area contributed by atoms with E-state index in [1.807, 2.05) is 12.1 Å². The Balaban J connectivity index is 1.64. The van der Waals surface area contributed by atoms with E-state index >= 15 is 0 Å². The minimum absolute atomic E-state index is 0.370. The van der Waals surface area contributed by atoms with E-state index in [0.29, 0.717) is 6.04 Å². The highest BCUT2D eigenvalue weighted by atomic mass is 35.5. The lowest BCUT2D eigenvalue weighted by Gasteiger charge is -2.30. The van der Waals surface area contributed by atoms with Crippen LogP contribution in [0.4, 0.5) is 0 Å². The second-order valence-corrected chi connectivity index (χ2v) is 7.32. The topological polar surface area (TPSA) is 32.3 Å². The number of nitrogens with one attached hydrogen (secondary N) is 1. The van der Waals surface area contributed by atoms with Gasteiger partial charge < -0.3 is 10.4 Å². The van der Waals surface area contributed by atoms with Crippen LogP contribution in [0.2, 0.25) is 5.02 Å². The van der Waals surface area contributed by atoms with Gasteiger partial charge in [-0.2, -0.15) is 0 Å². The van der Waals surface area contributed by atoms with Gasteiger partial charge in [0.1, 0.15) is 0 Å². The van der Waals surface area contributed by atoms with Gasteiger partial charge in [-0.15, -0.1) is 0 Å². The average Bonchev–Trinajstić information content (AvgIpc) is 3.30. The zero-order chi connectivity index (χ0) is 14.7. The Morgan fingerprint density at radius 2 is 1.71 bits per heavy atom. The lowest BCUT2D eigenvalue weighted by Crippen LogP contribution is -2.42. The molecule has 21 heavy (non-hydrogen) atoms. The number of halogens is 1. The number of hydrogen-bond donors (Lipinski definition) is 2. The number of aliphatic hydroxyl groups is 1. The smallest absolute Gasteiger partial charge is 0.0771 e. The van der Waals surface area contributed by atoms with E-state index < -0.39 is 5.60 Å². The molecule has 0 aromatic heterocycles. The van der Waals surface area contributed by atoms with Crippen LogP contribution in [0.15, 0.2) is 24.3 Å². The Kier molecular flexibility index (Phi) is 4.88. The molecular weight excluding hydrogens is 282 g/mol. The molecule has 2 aliphatic carbocycles. The SMILES string of the molecule is OC1(CNC(c2ccc(Cl)cc2)C2CC2)CCCCCC1. The lowest BCUT2D eigenvalue weighted by molar-refractivity contribution is 0.0220. The molecule has 3 rings (SSSR count). The van der Waals surface area contributed by atoms with E-state index in [2.05, 4.69) is 17.4 Å². The summed E-state index contributed by atoms with van der Waals surface area (Å²) in [6.45, 7) is 0.719. The molecule has 0 saturated heterocycles. The van der Waals surface area contributed by atoms with Gasteiger partial charge in [-0.05, 0) is 49.3 Å². The van der Waals surface area contributed by atoms with Gasteiger partial charge in [0.05, 0.1) is 5.60 Å². The molecule has 0 radical (unpaired) electrons. The Labute approximate surface area is 132 Å². The molecule has 2 aliphatic rings. The van der Waals surface area contributed by atoms with Crippen LogP contribution in [0.3, 0.4) is 0 Å². The Morgan fingerprint density at radius 1 is 1.10 bits per heavy atom. The van der Waals surface area contributed by atoms with Crippen LogP contribution in [0.5, 0.6) is 0 Å². The molecule has 0 aliphatic heterocycles. The molecule has 2 nitrogen and oxygen atoms in total. The fourth-order valence-corrected chi connectivity index (χ4v) is 3.65. The quantitative estimate of drug-likeness (QED) is 0.787. The molecular formula is C18H26ClNO. The van der Waals surface area contributed by atoms with Crippen molar-refractivity contribution >= 4 is 11.6 Å². The van der Waals surface area contributed by atoms with E-state index in [1.165, 1.54) is 31.2 Å². The molecule has 1 aromatic rings. The van der Waals surface area contributed by atoms with Crippen LogP contribution in [0.1, 0.15) is 63.0 Å². The van der Waals surface area contributed by atoms with Crippen molar-refractivity contribution in [2.24, 2.45) is 5.92 Å². The standard InChI is InChI=1S/C18H26ClNO/c19-16-9-7-15(8-10-16)17(14-5-6-14)20-13-18(21)11-3-1-2-4-12-18/h7-10,14,17,20-21H,1-6,11-13H2. The van der Waals surface area contributed by atoms with Gasteiger partial charge in [0, 0.05) is 17.6 Å². The van der Waals surface area contributed by atoms with Crippen molar-refractivity contribution in [3.63, 3.8) is 0 Å². The van der Waals surface area contributed by atoms with Crippen molar-refractivity contribution in [3.05, 3.63) is 34.9 Å². The molecule has 3 heteroatoms. The van der Waals surface area contributed by atoms with E-state index in [1.54, 1.807) is 0 Å². The maximum atomic E-state index is 10.8. The first-order valence-electron chi connectivity index (χ1n) is 8.38. The van der Waals surface area contributed by atoms with Crippen LogP contribution in [0.25, 0.3) is 0 Å². The molecule has 2 fully saturated rings. The molecule has 0 amide bonds. The van der Waals surface area contributed by atoms with Crippen molar-refractivity contribution in [2.75, 3.05) is 6.54 Å². The minimum Gasteiger partial charge on any atom is -0.389 e. The van der Waals surface area contributed by atoms with E-state index in [9.17, 15) is 5.11 Å². The first kappa shape index (κ1) is 15.3. The molecule has 2 N–H and O–H groups in total. The summed E-state index contributed by atoms with van der Waals surface area (Å²) in [6, 6.07) is 8.54. The predicted octanol–water partition coefficient (Wildman–Crippen LogP) is 4.47. The van der Waals surface area contributed by atoms with Gasteiger partial charge in [0.15, 0.2) is 0 Å². The number of benzene rings is 1. The second-order valence-electron chi connectivity index (χ2n) is 6.89. The van der Waals surface area contributed by atoms with E-state index in [4.69, 9.17) is 11.6 Å². The Bertz CT molecular complexity index is 447. The molecule has 0 spiro atoms. The third kappa shape index (κ3) is 4.21. The summed E-state index contributed by atoms with van der Waals surface area (Å²) in [7, 11) is 0. The zero-order valence-corrected chi connectivity index (χ0v) is 13.4. The summed E-state index contributed by atoms with van der Waals surface area (Å²) in [6.07, 6.45) is 9.32. The van der Waals surface area contributed by atoms with Crippen molar-refractivity contribution in [2.45, 2.75) is 63.0 Å². The van der Waals surface area contributed by atoms with Crippen molar-refractivity contribution in [1.29, 1.82) is 0 Å².